The van der Waals surface area contributed by atoms with Crippen molar-refractivity contribution >= 4 is 27.8 Å². The summed E-state index contributed by atoms with van der Waals surface area (Å²) in [6.45, 7) is 0.841. The summed E-state index contributed by atoms with van der Waals surface area (Å²) in [5.41, 5.74) is 1.05. The van der Waals surface area contributed by atoms with Crippen LogP contribution in [0.25, 0.3) is 21.9 Å². The minimum atomic E-state index is -0.311. The molecule has 0 spiro atoms. The van der Waals surface area contributed by atoms with E-state index in [0.717, 1.165) is 10.9 Å². The quantitative estimate of drug-likeness (QED) is 0.552. The lowest BCUT2D eigenvalue weighted by molar-refractivity contribution is 0.0139. The summed E-state index contributed by atoms with van der Waals surface area (Å²) < 4.78 is 11.5. The van der Waals surface area contributed by atoms with E-state index in [9.17, 15) is 9.59 Å². The molecule has 2 aromatic carbocycles. The van der Waals surface area contributed by atoms with Gasteiger partial charge in [0.1, 0.15) is 11.7 Å². The van der Waals surface area contributed by atoms with Crippen molar-refractivity contribution in [2.45, 2.75) is 6.10 Å². The smallest absolute Gasteiger partial charge is 0.289 e. The summed E-state index contributed by atoms with van der Waals surface area (Å²) in [7, 11) is 0. The van der Waals surface area contributed by atoms with Crippen LogP contribution in [-0.2, 0) is 0 Å². The Labute approximate surface area is 160 Å². The maximum absolute atomic E-state index is 12.6. The Morgan fingerprint density at radius 1 is 1.04 bits per heavy atom. The molecule has 0 saturated carbocycles. The first-order valence-electron chi connectivity index (χ1n) is 9.02. The average Bonchev–Trinajstić information content (AvgIpc) is 2.70. The van der Waals surface area contributed by atoms with Crippen LogP contribution < -0.4 is 10.2 Å². The molecule has 0 atom stereocenters. The highest BCUT2D eigenvalue weighted by molar-refractivity contribution is 5.93. The number of fused-ring (bicyclic) bond motifs is 2. The van der Waals surface area contributed by atoms with Crippen LogP contribution in [0.5, 0.6) is 5.88 Å². The van der Waals surface area contributed by atoms with Gasteiger partial charge in [0.2, 0.25) is 5.88 Å². The first kappa shape index (κ1) is 16.5. The first-order valence-corrected chi connectivity index (χ1v) is 9.02. The second kappa shape index (κ2) is 6.49. The van der Waals surface area contributed by atoms with Gasteiger partial charge in [-0.05, 0) is 24.3 Å². The van der Waals surface area contributed by atoms with Crippen LogP contribution in [0.15, 0.2) is 75.9 Å². The molecule has 1 aliphatic rings. The highest BCUT2D eigenvalue weighted by Crippen LogP contribution is 2.22. The van der Waals surface area contributed by atoms with E-state index in [-0.39, 0.29) is 23.2 Å². The number of amides is 1. The maximum atomic E-state index is 12.6. The Morgan fingerprint density at radius 3 is 2.71 bits per heavy atom. The van der Waals surface area contributed by atoms with Gasteiger partial charge in [0.25, 0.3) is 5.91 Å². The lowest BCUT2D eigenvalue weighted by atomic mass is 10.1. The van der Waals surface area contributed by atoms with Gasteiger partial charge in [-0.3, -0.25) is 9.59 Å². The Hall–Kier alpha value is -3.67. The molecule has 4 aromatic rings. The van der Waals surface area contributed by atoms with Crippen molar-refractivity contribution in [2.75, 3.05) is 13.1 Å². The Kier molecular flexibility index (Phi) is 3.83. The topological polar surface area (TPSA) is 72.6 Å². The molecule has 138 valence electrons. The number of hydrogen-bond acceptors (Lipinski definition) is 5. The van der Waals surface area contributed by atoms with Gasteiger partial charge in [-0.1, -0.05) is 30.3 Å². The highest BCUT2D eigenvalue weighted by atomic mass is 16.5. The number of carbonyl (C=O) groups excluding carboxylic acids is 1. The zero-order valence-electron chi connectivity index (χ0n) is 14.9. The number of pyridine rings is 1. The number of ether oxygens (including phenoxy) is 1. The average molecular weight is 372 g/mol. The van der Waals surface area contributed by atoms with Crippen molar-refractivity contribution in [1.29, 1.82) is 0 Å². The third kappa shape index (κ3) is 2.89. The molecule has 0 unspecified atom stereocenters. The molecule has 1 saturated heterocycles. The number of rotatable bonds is 3. The molecule has 1 aliphatic heterocycles. The SMILES string of the molecule is O=C(c1cc(=O)c2ccccc2o1)N1CC(Oc2ccc3ccccc3n2)C1. The van der Waals surface area contributed by atoms with Crippen molar-refractivity contribution in [3.05, 3.63) is 82.7 Å². The molecule has 28 heavy (non-hydrogen) atoms. The molecule has 1 amide bonds. The van der Waals surface area contributed by atoms with Gasteiger partial charge >= 0.3 is 0 Å². The van der Waals surface area contributed by atoms with Crippen LogP contribution in [0.3, 0.4) is 0 Å². The van der Waals surface area contributed by atoms with Gasteiger partial charge in [-0.15, -0.1) is 0 Å². The molecule has 6 nitrogen and oxygen atoms in total. The molecular formula is C22H16N2O4. The lowest BCUT2D eigenvalue weighted by Gasteiger charge is -2.38. The minimum absolute atomic E-state index is 0.0472. The molecule has 0 aliphatic carbocycles. The fourth-order valence-electron chi connectivity index (χ4n) is 3.33. The lowest BCUT2D eigenvalue weighted by Crippen LogP contribution is -2.56. The molecule has 3 heterocycles. The summed E-state index contributed by atoms with van der Waals surface area (Å²) >= 11 is 0. The van der Waals surface area contributed by atoms with Gasteiger partial charge in [-0.2, -0.15) is 0 Å². The van der Waals surface area contributed by atoms with Crippen LogP contribution in [0.4, 0.5) is 0 Å². The van der Waals surface area contributed by atoms with E-state index in [1.165, 1.54) is 6.07 Å². The zero-order valence-corrected chi connectivity index (χ0v) is 14.9. The monoisotopic (exact) mass is 372 g/mol. The van der Waals surface area contributed by atoms with Crippen molar-refractivity contribution in [1.82, 2.24) is 9.88 Å². The van der Waals surface area contributed by atoms with Gasteiger partial charge < -0.3 is 14.1 Å². The second-order valence-corrected chi connectivity index (χ2v) is 6.76. The van der Waals surface area contributed by atoms with Crippen LogP contribution in [-0.4, -0.2) is 35.0 Å². The van der Waals surface area contributed by atoms with Crippen molar-refractivity contribution in [2.24, 2.45) is 0 Å². The maximum Gasteiger partial charge on any atom is 0.289 e. The van der Waals surface area contributed by atoms with Crippen molar-refractivity contribution < 1.29 is 13.9 Å². The number of para-hydroxylation sites is 2. The molecule has 0 bridgehead atoms. The molecule has 1 fully saturated rings. The van der Waals surface area contributed by atoms with Crippen LogP contribution in [0.1, 0.15) is 10.6 Å². The summed E-state index contributed by atoms with van der Waals surface area (Å²) in [6, 6.07) is 19.8. The van der Waals surface area contributed by atoms with Crippen LogP contribution >= 0.6 is 0 Å². The molecule has 2 aromatic heterocycles. The second-order valence-electron chi connectivity index (χ2n) is 6.76. The van der Waals surface area contributed by atoms with Crippen LogP contribution in [0, 0.1) is 0 Å². The summed E-state index contributed by atoms with van der Waals surface area (Å²) in [5, 5.41) is 1.51. The van der Waals surface area contributed by atoms with Gasteiger partial charge in [0.15, 0.2) is 11.2 Å². The van der Waals surface area contributed by atoms with E-state index in [1.807, 2.05) is 36.4 Å². The number of benzene rings is 2. The number of likely N-dealkylation sites (tertiary alicyclic amines) is 1. The summed E-state index contributed by atoms with van der Waals surface area (Å²) in [5.74, 6) is 0.271. The Morgan fingerprint density at radius 2 is 1.82 bits per heavy atom. The largest absolute Gasteiger partial charge is 0.471 e. The van der Waals surface area contributed by atoms with Gasteiger partial charge in [0, 0.05) is 17.5 Å². The van der Waals surface area contributed by atoms with E-state index >= 15 is 0 Å². The van der Waals surface area contributed by atoms with E-state index in [4.69, 9.17) is 9.15 Å². The summed E-state index contributed by atoms with van der Waals surface area (Å²) in [4.78, 5) is 30.9. The third-order valence-electron chi connectivity index (χ3n) is 4.84. The van der Waals surface area contributed by atoms with E-state index in [1.54, 1.807) is 29.2 Å². The predicted molar refractivity (Wildman–Crippen MR) is 105 cm³/mol. The van der Waals surface area contributed by atoms with E-state index in [2.05, 4.69) is 4.98 Å². The molecule has 0 radical (unpaired) electrons. The normalized spacial score (nSPS) is 14.2. The molecule has 0 N–H and O–H groups in total. The summed E-state index contributed by atoms with van der Waals surface area (Å²) in [6.07, 6.45) is -0.134. The third-order valence-corrected chi connectivity index (χ3v) is 4.84. The predicted octanol–water partition coefficient (Wildman–Crippen LogP) is 3.24. The first-order chi connectivity index (χ1) is 13.7. The Balaban J connectivity index is 1.28. The van der Waals surface area contributed by atoms with Crippen LogP contribution in [0.2, 0.25) is 0 Å². The van der Waals surface area contributed by atoms with E-state index in [0.29, 0.717) is 29.9 Å². The Bertz CT molecular complexity index is 1260. The van der Waals surface area contributed by atoms with Crippen molar-refractivity contribution in [3.63, 3.8) is 0 Å². The minimum Gasteiger partial charge on any atom is -0.471 e. The molecule has 5 rings (SSSR count). The van der Waals surface area contributed by atoms with Gasteiger partial charge in [0.05, 0.1) is 24.0 Å². The highest BCUT2D eigenvalue weighted by Gasteiger charge is 2.34. The fourth-order valence-corrected chi connectivity index (χ4v) is 3.33. The number of carbonyl (C=O) groups is 1. The number of aromatic nitrogens is 1. The number of hydrogen-bond donors (Lipinski definition) is 0. The standard InChI is InChI=1S/C22H16N2O4/c25-18-11-20(28-19-8-4-2-6-16(18)19)22(26)24-12-15(13-24)27-21-10-9-14-5-1-3-7-17(14)23-21/h1-11,15H,12-13H2. The molecule has 6 heteroatoms. The van der Waals surface area contributed by atoms with Gasteiger partial charge in [-0.25, -0.2) is 4.98 Å². The number of nitrogens with zero attached hydrogens (tertiary/aromatic N) is 2. The zero-order chi connectivity index (χ0) is 19.1. The molecular weight excluding hydrogens is 356 g/mol. The van der Waals surface area contributed by atoms with E-state index < -0.39 is 0 Å². The fraction of sp³-hybridized carbons (Fsp3) is 0.136. The van der Waals surface area contributed by atoms with Crippen molar-refractivity contribution in [3.8, 4) is 5.88 Å².